The van der Waals surface area contributed by atoms with E-state index in [0.717, 1.165) is 17.7 Å². The summed E-state index contributed by atoms with van der Waals surface area (Å²) >= 11 is -2.14. The first-order chi connectivity index (χ1) is 16.8. The van der Waals surface area contributed by atoms with Crippen LogP contribution in [0.4, 0.5) is 10.2 Å². The summed E-state index contributed by atoms with van der Waals surface area (Å²) in [5.41, 5.74) is 9.24. The molecule has 0 saturated carbocycles. The predicted molar refractivity (Wildman–Crippen MR) is 132 cm³/mol. The molecule has 35 heavy (non-hydrogen) atoms. The Labute approximate surface area is 204 Å². The third-order valence-corrected chi connectivity index (χ3v) is 6.30. The van der Waals surface area contributed by atoms with E-state index in [1.807, 2.05) is 19.2 Å². The average Bonchev–Trinajstić information content (AvgIpc) is 3.33. The number of carbonyl (C=O) groups excluding carboxylic acids is 1. The smallest absolute Gasteiger partial charge is 0.254 e. The molecule has 2 aromatic heterocycles. The molecule has 0 spiro atoms. The van der Waals surface area contributed by atoms with Gasteiger partial charge < -0.3 is 15.6 Å². The van der Waals surface area contributed by atoms with Crippen molar-refractivity contribution in [3.63, 3.8) is 0 Å². The molecule has 4 N–H and O–H groups in total. The number of pyridine rings is 1. The van der Waals surface area contributed by atoms with Crippen LogP contribution in [0.2, 0.25) is 0 Å². The Morgan fingerprint density at radius 3 is 2.66 bits per heavy atom. The molecule has 0 fully saturated rings. The van der Waals surface area contributed by atoms with Crippen molar-refractivity contribution in [2.75, 3.05) is 5.73 Å². The Morgan fingerprint density at radius 1 is 1.17 bits per heavy atom. The van der Waals surface area contributed by atoms with Crippen LogP contribution >= 0.6 is 0 Å². The van der Waals surface area contributed by atoms with Crippen molar-refractivity contribution >= 4 is 22.8 Å². The molecule has 1 amide bonds. The number of nitrogens with two attached hydrogens (primary N) is 1. The zero-order valence-electron chi connectivity index (χ0n) is 19.1. The summed E-state index contributed by atoms with van der Waals surface area (Å²) in [5, 5.41) is 6.99. The number of hydrogen-bond acceptors (Lipinski definition) is 5. The average molecular weight is 494 g/mol. The normalized spacial score (nSPS) is 12.8. The van der Waals surface area contributed by atoms with Crippen LogP contribution in [0, 0.1) is 5.82 Å². The van der Waals surface area contributed by atoms with Crippen LogP contribution in [-0.4, -0.2) is 29.4 Å². The number of nitrogens with one attached hydrogen (secondary N) is 1. The lowest BCUT2D eigenvalue weighted by Crippen LogP contribution is -2.27. The van der Waals surface area contributed by atoms with E-state index in [4.69, 9.17) is 5.73 Å². The monoisotopic (exact) mass is 493 g/mol. The van der Waals surface area contributed by atoms with E-state index in [9.17, 15) is 13.6 Å². The molecule has 0 radical (unpaired) electrons. The number of anilines is 1. The van der Waals surface area contributed by atoms with Crippen molar-refractivity contribution in [2.24, 2.45) is 0 Å². The molecular formula is C25H24FN5O3S. The maximum absolute atomic E-state index is 15.0. The SMILES string of the molecule is CCn1cc(-c2cnc(N)c(-c3ccc(C(=O)N[C@H](C)c4cccc(S(=O)O)c4)c(F)c3)c2)cn1. The van der Waals surface area contributed by atoms with Crippen molar-refractivity contribution in [3.05, 3.63) is 84.1 Å². The molecule has 8 nitrogen and oxygen atoms in total. The number of rotatable bonds is 7. The Balaban J connectivity index is 1.57. The van der Waals surface area contributed by atoms with Gasteiger partial charge in [0, 0.05) is 35.6 Å². The van der Waals surface area contributed by atoms with Gasteiger partial charge in [-0.1, -0.05) is 18.2 Å². The number of amides is 1. The van der Waals surface area contributed by atoms with Crippen LogP contribution < -0.4 is 11.1 Å². The second-order valence-electron chi connectivity index (χ2n) is 7.95. The van der Waals surface area contributed by atoms with E-state index in [1.165, 1.54) is 24.3 Å². The zero-order chi connectivity index (χ0) is 25.1. The lowest BCUT2D eigenvalue weighted by atomic mass is 10.0. The van der Waals surface area contributed by atoms with Crippen molar-refractivity contribution in [2.45, 2.75) is 31.3 Å². The quantitative estimate of drug-likeness (QED) is 0.328. The van der Waals surface area contributed by atoms with E-state index in [-0.39, 0.29) is 16.3 Å². The molecule has 10 heteroatoms. The highest BCUT2D eigenvalue weighted by atomic mass is 32.2. The maximum Gasteiger partial charge on any atom is 0.254 e. The fourth-order valence-electron chi connectivity index (χ4n) is 3.67. The van der Waals surface area contributed by atoms with Gasteiger partial charge in [0.25, 0.3) is 5.91 Å². The Hall–Kier alpha value is -3.89. The summed E-state index contributed by atoms with van der Waals surface area (Å²) in [4.78, 5) is 17.2. The van der Waals surface area contributed by atoms with Crippen LogP contribution in [-0.2, 0) is 17.6 Å². The van der Waals surface area contributed by atoms with Crippen LogP contribution in [0.3, 0.4) is 0 Å². The minimum atomic E-state index is -2.14. The van der Waals surface area contributed by atoms with Gasteiger partial charge in [0.1, 0.15) is 11.6 Å². The first kappa shape index (κ1) is 24.2. The molecule has 0 aliphatic rings. The second kappa shape index (κ2) is 10.2. The van der Waals surface area contributed by atoms with E-state index in [2.05, 4.69) is 15.4 Å². The van der Waals surface area contributed by atoms with Gasteiger partial charge in [0.2, 0.25) is 0 Å². The van der Waals surface area contributed by atoms with Gasteiger partial charge in [-0.25, -0.2) is 13.6 Å². The molecule has 0 aliphatic heterocycles. The van der Waals surface area contributed by atoms with E-state index >= 15 is 4.39 Å². The first-order valence-corrected chi connectivity index (χ1v) is 12.0. The second-order valence-corrected chi connectivity index (χ2v) is 8.92. The van der Waals surface area contributed by atoms with Crippen molar-refractivity contribution in [1.29, 1.82) is 0 Å². The van der Waals surface area contributed by atoms with Gasteiger partial charge in [-0.15, -0.1) is 0 Å². The molecule has 4 rings (SSSR count). The summed E-state index contributed by atoms with van der Waals surface area (Å²) in [7, 11) is 0. The number of carbonyl (C=O) groups is 1. The number of halogens is 1. The lowest BCUT2D eigenvalue weighted by molar-refractivity contribution is 0.0936. The Bertz CT molecular complexity index is 1420. The van der Waals surface area contributed by atoms with Crippen LogP contribution in [0.5, 0.6) is 0 Å². The minimum Gasteiger partial charge on any atom is -0.383 e. The topological polar surface area (TPSA) is 123 Å². The third-order valence-electron chi connectivity index (χ3n) is 5.64. The van der Waals surface area contributed by atoms with Gasteiger partial charge >= 0.3 is 0 Å². The highest BCUT2D eigenvalue weighted by Crippen LogP contribution is 2.30. The molecular weight excluding hydrogens is 469 g/mol. The number of nitrogen functional groups attached to an aromatic ring is 1. The number of aromatic nitrogens is 3. The van der Waals surface area contributed by atoms with Gasteiger partial charge in [0.05, 0.1) is 22.7 Å². The standard InChI is InChI=1S/C25H24FN5O3S/c1-3-31-14-19(13-29-31)18-10-22(24(27)28-12-18)17-7-8-21(23(26)11-17)25(32)30-15(2)16-5-4-6-20(9-16)35(33)34/h4-15H,3H2,1-2H3,(H2,27,28)(H,30,32)(H,33,34)/t15-/m1/s1. The number of aryl methyl sites for hydroxylation is 1. The molecule has 180 valence electrons. The molecule has 0 aliphatic carbocycles. The molecule has 2 atom stereocenters. The number of hydrogen-bond donors (Lipinski definition) is 3. The molecule has 0 saturated heterocycles. The summed E-state index contributed by atoms with van der Waals surface area (Å²) in [6.07, 6.45) is 5.25. The largest absolute Gasteiger partial charge is 0.383 e. The van der Waals surface area contributed by atoms with Crippen molar-refractivity contribution in [1.82, 2.24) is 20.1 Å². The molecule has 1 unspecified atom stereocenters. The van der Waals surface area contributed by atoms with Gasteiger partial charge in [-0.3, -0.25) is 9.48 Å². The first-order valence-electron chi connectivity index (χ1n) is 10.9. The summed E-state index contributed by atoms with van der Waals surface area (Å²) in [5.74, 6) is -1.08. The number of benzene rings is 2. The van der Waals surface area contributed by atoms with Crippen molar-refractivity contribution < 1.29 is 17.9 Å². The van der Waals surface area contributed by atoms with Gasteiger partial charge in [-0.2, -0.15) is 5.10 Å². The third kappa shape index (κ3) is 5.28. The van der Waals surface area contributed by atoms with Crippen LogP contribution in [0.15, 0.2) is 72.0 Å². The van der Waals surface area contributed by atoms with E-state index in [0.29, 0.717) is 16.7 Å². The Morgan fingerprint density at radius 2 is 1.97 bits per heavy atom. The fourth-order valence-corrected chi connectivity index (χ4v) is 4.10. The minimum absolute atomic E-state index is 0.130. The van der Waals surface area contributed by atoms with Crippen LogP contribution in [0.1, 0.15) is 35.8 Å². The highest BCUT2D eigenvalue weighted by molar-refractivity contribution is 7.79. The van der Waals surface area contributed by atoms with E-state index in [1.54, 1.807) is 42.2 Å². The van der Waals surface area contributed by atoms with E-state index < -0.39 is 28.8 Å². The fraction of sp³-hybridized carbons (Fsp3) is 0.160. The highest BCUT2D eigenvalue weighted by Gasteiger charge is 2.18. The molecule has 2 heterocycles. The van der Waals surface area contributed by atoms with Gasteiger partial charge in [0.15, 0.2) is 11.1 Å². The summed E-state index contributed by atoms with van der Waals surface area (Å²) < 4.78 is 37.4. The zero-order valence-corrected chi connectivity index (χ0v) is 19.9. The predicted octanol–water partition coefficient (Wildman–Crippen LogP) is 4.42. The van der Waals surface area contributed by atoms with Crippen LogP contribution in [0.25, 0.3) is 22.3 Å². The molecule has 0 bridgehead atoms. The molecule has 2 aromatic carbocycles. The van der Waals surface area contributed by atoms with Crippen molar-refractivity contribution in [3.8, 4) is 22.3 Å². The molecule has 4 aromatic rings. The Kier molecular flexibility index (Phi) is 7.04. The van der Waals surface area contributed by atoms with Gasteiger partial charge in [-0.05, 0) is 55.3 Å². The maximum atomic E-state index is 15.0. The number of nitrogens with zero attached hydrogens (tertiary/aromatic N) is 3. The summed E-state index contributed by atoms with van der Waals surface area (Å²) in [6.45, 7) is 4.43. The lowest BCUT2D eigenvalue weighted by Gasteiger charge is -2.16. The summed E-state index contributed by atoms with van der Waals surface area (Å²) in [6, 6.07) is 11.9.